The lowest BCUT2D eigenvalue weighted by Crippen LogP contribution is -2.14. The Bertz CT molecular complexity index is 442. The minimum Gasteiger partial charge on any atom is -0.384 e. The van der Waals surface area contributed by atoms with E-state index < -0.39 is 0 Å². The van der Waals surface area contributed by atoms with Crippen molar-refractivity contribution >= 4 is 5.84 Å². The van der Waals surface area contributed by atoms with Gasteiger partial charge in [-0.2, -0.15) is 0 Å². The highest BCUT2D eigenvalue weighted by Gasteiger charge is 2.13. The van der Waals surface area contributed by atoms with Crippen molar-refractivity contribution < 1.29 is 9.13 Å². The Balaban J connectivity index is 1.86. The van der Waals surface area contributed by atoms with Crippen LogP contribution < -0.4 is 5.73 Å². The first kappa shape index (κ1) is 14.0. The van der Waals surface area contributed by atoms with E-state index in [0.717, 1.165) is 12.2 Å². The van der Waals surface area contributed by atoms with Crippen molar-refractivity contribution in [2.45, 2.75) is 38.7 Å². The van der Waals surface area contributed by atoms with Gasteiger partial charge in [0.25, 0.3) is 0 Å². The third-order valence-electron chi connectivity index (χ3n) is 3.62. The molecule has 0 heterocycles. The molecular weight excluding hydrogens is 243 g/mol. The van der Waals surface area contributed by atoms with Crippen LogP contribution in [0, 0.1) is 17.1 Å². The first-order chi connectivity index (χ1) is 9.15. The van der Waals surface area contributed by atoms with Gasteiger partial charge in [-0.05, 0) is 42.5 Å². The average molecular weight is 264 g/mol. The zero-order valence-electron chi connectivity index (χ0n) is 11.1. The number of ether oxygens (including phenoxy) is 1. The van der Waals surface area contributed by atoms with Crippen molar-refractivity contribution in [2.75, 3.05) is 6.61 Å². The highest BCUT2D eigenvalue weighted by atomic mass is 19.1. The Morgan fingerprint density at radius 1 is 1.26 bits per heavy atom. The quantitative estimate of drug-likeness (QED) is 0.633. The topological polar surface area (TPSA) is 59.1 Å². The molecule has 3 nitrogen and oxygen atoms in total. The molecule has 0 unspecified atom stereocenters. The highest BCUT2D eigenvalue weighted by Crippen LogP contribution is 2.24. The molecule has 0 atom stereocenters. The van der Waals surface area contributed by atoms with Gasteiger partial charge in [0.1, 0.15) is 11.7 Å². The van der Waals surface area contributed by atoms with Gasteiger partial charge >= 0.3 is 0 Å². The van der Waals surface area contributed by atoms with Crippen molar-refractivity contribution in [3.8, 4) is 0 Å². The molecule has 1 aromatic rings. The molecule has 0 amide bonds. The monoisotopic (exact) mass is 264 g/mol. The Morgan fingerprint density at radius 2 is 2.00 bits per heavy atom. The summed E-state index contributed by atoms with van der Waals surface area (Å²) in [6.07, 6.45) is 6.40. The third-order valence-corrected chi connectivity index (χ3v) is 3.62. The standard InChI is InChI=1S/C15H21FN2O/c16-14-7-12(6-13(8-14)15(17)18)10-19-9-11-4-2-1-3-5-11/h6-8,11H,1-5,9-10H2,(H3,17,18). The molecule has 0 radical (unpaired) electrons. The first-order valence-corrected chi connectivity index (χ1v) is 6.87. The van der Waals surface area contributed by atoms with Crippen molar-refractivity contribution in [3.05, 3.63) is 35.1 Å². The van der Waals surface area contributed by atoms with Crippen LogP contribution in [0.25, 0.3) is 0 Å². The molecule has 1 aliphatic rings. The summed E-state index contributed by atoms with van der Waals surface area (Å²) in [6, 6.07) is 4.42. The molecule has 19 heavy (non-hydrogen) atoms. The zero-order chi connectivity index (χ0) is 13.7. The fourth-order valence-electron chi connectivity index (χ4n) is 2.59. The second kappa shape index (κ2) is 6.66. The summed E-state index contributed by atoms with van der Waals surface area (Å²) in [5.41, 5.74) is 6.52. The normalized spacial score (nSPS) is 16.5. The molecule has 0 saturated heterocycles. The van der Waals surface area contributed by atoms with Crippen LogP contribution in [0.3, 0.4) is 0 Å². The largest absolute Gasteiger partial charge is 0.384 e. The summed E-state index contributed by atoms with van der Waals surface area (Å²) in [5.74, 6) is 0.159. The molecule has 1 aromatic carbocycles. The summed E-state index contributed by atoms with van der Waals surface area (Å²) in [4.78, 5) is 0. The first-order valence-electron chi connectivity index (χ1n) is 6.87. The van der Waals surface area contributed by atoms with E-state index in [1.54, 1.807) is 6.07 Å². The molecule has 0 aromatic heterocycles. The van der Waals surface area contributed by atoms with E-state index >= 15 is 0 Å². The Kier molecular flexibility index (Phi) is 4.91. The number of hydrogen-bond acceptors (Lipinski definition) is 2. The average Bonchev–Trinajstić information content (AvgIpc) is 2.39. The molecule has 2 rings (SSSR count). The molecule has 4 heteroatoms. The summed E-state index contributed by atoms with van der Waals surface area (Å²) in [5, 5.41) is 7.34. The predicted octanol–water partition coefficient (Wildman–Crippen LogP) is 3.21. The summed E-state index contributed by atoms with van der Waals surface area (Å²) >= 11 is 0. The SMILES string of the molecule is N=C(N)c1cc(F)cc(COCC2CCCCC2)c1. The number of rotatable bonds is 5. The number of benzene rings is 1. The summed E-state index contributed by atoms with van der Waals surface area (Å²) < 4.78 is 19.0. The number of amidine groups is 1. The zero-order valence-corrected chi connectivity index (χ0v) is 11.1. The van der Waals surface area contributed by atoms with Crippen molar-refractivity contribution in [1.82, 2.24) is 0 Å². The lowest BCUT2D eigenvalue weighted by Gasteiger charge is -2.21. The second-order valence-corrected chi connectivity index (χ2v) is 5.28. The Hall–Kier alpha value is -1.42. The lowest BCUT2D eigenvalue weighted by atomic mass is 9.90. The second-order valence-electron chi connectivity index (χ2n) is 5.28. The van der Waals surface area contributed by atoms with E-state index in [9.17, 15) is 4.39 Å². The van der Waals surface area contributed by atoms with Crippen molar-refractivity contribution in [1.29, 1.82) is 5.41 Å². The number of hydrogen-bond donors (Lipinski definition) is 2. The smallest absolute Gasteiger partial charge is 0.124 e. The summed E-state index contributed by atoms with van der Waals surface area (Å²) in [6.45, 7) is 1.13. The van der Waals surface area contributed by atoms with E-state index in [-0.39, 0.29) is 11.7 Å². The minimum absolute atomic E-state index is 0.118. The van der Waals surface area contributed by atoms with Gasteiger partial charge in [-0.3, -0.25) is 5.41 Å². The molecule has 104 valence electrons. The van der Waals surface area contributed by atoms with Gasteiger partial charge in [-0.15, -0.1) is 0 Å². The van der Waals surface area contributed by atoms with E-state index in [1.165, 1.54) is 44.2 Å². The van der Waals surface area contributed by atoms with Gasteiger partial charge in [0.05, 0.1) is 6.61 Å². The fraction of sp³-hybridized carbons (Fsp3) is 0.533. The number of halogens is 1. The van der Waals surface area contributed by atoms with Crippen LogP contribution in [0.15, 0.2) is 18.2 Å². The van der Waals surface area contributed by atoms with E-state index in [4.69, 9.17) is 15.9 Å². The molecular formula is C15H21FN2O. The van der Waals surface area contributed by atoms with Crippen LogP contribution in [0.2, 0.25) is 0 Å². The Morgan fingerprint density at radius 3 is 2.68 bits per heavy atom. The maximum atomic E-state index is 13.4. The van der Waals surface area contributed by atoms with E-state index in [0.29, 0.717) is 18.1 Å². The van der Waals surface area contributed by atoms with Crippen LogP contribution in [0.5, 0.6) is 0 Å². The number of nitrogens with two attached hydrogens (primary N) is 1. The van der Waals surface area contributed by atoms with Crippen molar-refractivity contribution in [2.24, 2.45) is 11.7 Å². The van der Waals surface area contributed by atoms with E-state index in [1.807, 2.05) is 0 Å². The van der Waals surface area contributed by atoms with Crippen LogP contribution in [0.1, 0.15) is 43.2 Å². The van der Waals surface area contributed by atoms with Gasteiger partial charge in [0, 0.05) is 12.2 Å². The molecule has 1 aliphatic carbocycles. The molecule has 1 fully saturated rings. The maximum Gasteiger partial charge on any atom is 0.124 e. The molecule has 1 saturated carbocycles. The summed E-state index contributed by atoms with van der Waals surface area (Å²) in [7, 11) is 0. The van der Waals surface area contributed by atoms with Crippen LogP contribution >= 0.6 is 0 Å². The predicted molar refractivity (Wildman–Crippen MR) is 73.6 cm³/mol. The van der Waals surface area contributed by atoms with Gasteiger partial charge in [-0.25, -0.2) is 4.39 Å². The molecule has 0 bridgehead atoms. The highest BCUT2D eigenvalue weighted by molar-refractivity contribution is 5.95. The van der Waals surface area contributed by atoms with Gasteiger partial charge in [0.15, 0.2) is 0 Å². The van der Waals surface area contributed by atoms with E-state index in [2.05, 4.69) is 0 Å². The number of nitrogen functional groups attached to an aromatic ring is 1. The maximum absolute atomic E-state index is 13.4. The molecule has 3 N–H and O–H groups in total. The molecule has 0 spiro atoms. The lowest BCUT2D eigenvalue weighted by molar-refractivity contribution is 0.0738. The fourth-order valence-corrected chi connectivity index (χ4v) is 2.59. The Labute approximate surface area is 113 Å². The minimum atomic E-state index is -0.371. The van der Waals surface area contributed by atoms with Gasteiger partial charge in [0.2, 0.25) is 0 Å². The van der Waals surface area contributed by atoms with Gasteiger partial charge in [-0.1, -0.05) is 19.3 Å². The van der Waals surface area contributed by atoms with Gasteiger partial charge < -0.3 is 10.5 Å². The third kappa shape index (κ3) is 4.31. The number of nitrogens with one attached hydrogen (secondary N) is 1. The van der Waals surface area contributed by atoms with Crippen LogP contribution in [0.4, 0.5) is 4.39 Å². The van der Waals surface area contributed by atoms with Crippen molar-refractivity contribution in [3.63, 3.8) is 0 Å². The molecule has 0 aliphatic heterocycles. The van der Waals surface area contributed by atoms with Crippen LogP contribution in [-0.4, -0.2) is 12.4 Å². The van der Waals surface area contributed by atoms with Crippen LogP contribution in [-0.2, 0) is 11.3 Å².